The van der Waals surface area contributed by atoms with Gasteiger partial charge in [-0.3, -0.25) is 0 Å². The highest BCUT2D eigenvalue weighted by Crippen LogP contribution is 2.21. The van der Waals surface area contributed by atoms with Crippen molar-refractivity contribution >= 4 is 21.4 Å². The van der Waals surface area contributed by atoms with E-state index in [9.17, 15) is 8.42 Å². The molecule has 0 spiro atoms. The van der Waals surface area contributed by atoms with Gasteiger partial charge in [0.25, 0.3) is 0 Å². The van der Waals surface area contributed by atoms with E-state index in [0.29, 0.717) is 4.88 Å². The number of hydrogen-bond acceptors (Lipinski definition) is 5. The van der Waals surface area contributed by atoms with Gasteiger partial charge in [0.2, 0.25) is 10.0 Å². The Morgan fingerprint density at radius 3 is 2.88 bits per heavy atom. The van der Waals surface area contributed by atoms with Crippen molar-refractivity contribution in [2.45, 2.75) is 18.0 Å². The largest absolute Gasteiger partial charge is 0.472 e. The molecule has 2 heterocycles. The third kappa shape index (κ3) is 2.75. The van der Waals surface area contributed by atoms with Crippen LogP contribution >= 0.6 is 11.3 Å². The molecule has 0 aliphatic rings. The fourth-order valence-electron chi connectivity index (χ4n) is 1.37. The molecule has 0 fully saturated rings. The van der Waals surface area contributed by atoms with Crippen molar-refractivity contribution < 1.29 is 12.8 Å². The summed E-state index contributed by atoms with van der Waals surface area (Å²) in [5.74, 6) is 0. The highest BCUT2D eigenvalue weighted by Gasteiger charge is 2.18. The van der Waals surface area contributed by atoms with Gasteiger partial charge in [0.15, 0.2) is 0 Å². The average Bonchev–Trinajstić information content (AvgIpc) is 2.97. The Labute approximate surface area is 103 Å². The minimum absolute atomic E-state index is 0.207. The topological polar surface area (TPSA) is 85.3 Å². The summed E-state index contributed by atoms with van der Waals surface area (Å²) in [5, 5.41) is 1.72. The molecule has 0 radical (unpaired) electrons. The quantitative estimate of drug-likeness (QED) is 0.858. The molecule has 3 N–H and O–H groups in total. The molecular weight excluding hydrogens is 260 g/mol. The maximum Gasteiger partial charge on any atom is 0.242 e. The zero-order valence-corrected chi connectivity index (χ0v) is 10.6. The summed E-state index contributed by atoms with van der Waals surface area (Å²) in [4.78, 5) is 0.915. The highest BCUT2D eigenvalue weighted by molar-refractivity contribution is 7.89. The summed E-state index contributed by atoms with van der Waals surface area (Å²) in [7, 11) is -3.50. The zero-order valence-electron chi connectivity index (χ0n) is 8.92. The van der Waals surface area contributed by atoms with Crippen LogP contribution in [-0.2, 0) is 23.1 Å². The molecule has 0 atom stereocenters. The van der Waals surface area contributed by atoms with Gasteiger partial charge in [-0.05, 0) is 17.5 Å². The molecule has 0 amide bonds. The number of thiophene rings is 1. The van der Waals surface area contributed by atoms with Gasteiger partial charge in [0.05, 0.1) is 17.4 Å². The van der Waals surface area contributed by atoms with Gasteiger partial charge in [-0.15, -0.1) is 11.3 Å². The third-order valence-electron chi connectivity index (χ3n) is 2.23. The molecule has 0 saturated heterocycles. The van der Waals surface area contributed by atoms with Gasteiger partial charge in [0.1, 0.15) is 0 Å². The molecular formula is C10H12N2O3S2. The van der Waals surface area contributed by atoms with E-state index in [4.69, 9.17) is 10.2 Å². The van der Waals surface area contributed by atoms with Crippen molar-refractivity contribution in [1.82, 2.24) is 4.72 Å². The summed E-state index contributed by atoms with van der Waals surface area (Å²) in [5.41, 5.74) is 6.26. The van der Waals surface area contributed by atoms with Crippen LogP contribution in [-0.4, -0.2) is 8.42 Å². The first kappa shape index (κ1) is 12.3. The van der Waals surface area contributed by atoms with E-state index < -0.39 is 10.0 Å². The second-order valence-electron chi connectivity index (χ2n) is 3.37. The predicted molar refractivity (Wildman–Crippen MR) is 64.9 cm³/mol. The number of hydrogen-bond donors (Lipinski definition) is 2. The van der Waals surface area contributed by atoms with E-state index in [0.717, 1.165) is 5.56 Å². The molecule has 0 unspecified atom stereocenters. The lowest BCUT2D eigenvalue weighted by atomic mass is 10.4. The molecule has 0 saturated carbocycles. The molecule has 92 valence electrons. The standard InChI is InChI=1S/C10H12N2O3S2/c11-5-9-10(2-4-16-9)17(13,14)12-6-8-1-3-15-7-8/h1-4,7,12H,5-6,11H2. The number of rotatable bonds is 5. The highest BCUT2D eigenvalue weighted by atomic mass is 32.2. The molecule has 7 heteroatoms. The Morgan fingerprint density at radius 2 is 2.24 bits per heavy atom. The van der Waals surface area contributed by atoms with Crippen molar-refractivity contribution in [3.8, 4) is 0 Å². The first-order valence-electron chi connectivity index (χ1n) is 4.90. The second-order valence-corrected chi connectivity index (χ2v) is 6.10. The normalized spacial score (nSPS) is 11.8. The second kappa shape index (κ2) is 5.01. The van der Waals surface area contributed by atoms with E-state index in [1.165, 1.54) is 23.9 Å². The van der Waals surface area contributed by atoms with E-state index in [-0.39, 0.29) is 18.0 Å². The van der Waals surface area contributed by atoms with Gasteiger partial charge < -0.3 is 10.2 Å². The molecule has 0 aliphatic heterocycles. The first-order chi connectivity index (χ1) is 8.13. The summed E-state index contributed by atoms with van der Waals surface area (Å²) in [6.07, 6.45) is 3.00. The molecule has 17 heavy (non-hydrogen) atoms. The molecule has 5 nitrogen and oxygen atoms in total. The van der Waals surface area contributed by atoms with Crippen LogP contribution in [0.2, 0.25) is 0 Å². The molecule has 0 bridgehead atoms. The predicted octanol–water partition coefficient (Wildman–Crippen LogP) is 1.28. The molecule has 0 aromatic carbocycles. The third-order valence-corrected chi connectivity index (χ3v) is 4.78. The SMILES string of the molecule is NCc1sccc1S(=O)(=O)NCc1ccoc1. The Hall–Kier alpha value is -1.15. The van der Waals surface area contributed by atoms with E-state index in [1.54, 1.807) is 17.5 Å². The van der Waals surface area contributed by atoms with Crippen LogP contribution in [0, 0.1) is 0 Å². The molecule has 0 aliphatic carbocycles. The number of nitrogens with one attached hydrogen (secondary N) is 1. The monoisotopic (exact) mass is 272 g/mol. The van der Waals surface area contributed by atoms with Gasteiger partial charge in [0, 0.05) is 23.5 Å². The fourth-order valence-corrected chi connectivity index (χ4v) is 3.72. The lowest BCUT2D eigenvalue weighted by Crippen LogP contribution is -2.23. The minimum atomic E-state index is -3.50. The van der Waals surface area contributed by atoms with Crippen LogP contribution in [0.3, 0.4) is 0 Å². The van der Waals surface area contributed by atoms with Crippen molar-refractivity contribution in [3.63, 3.8) is 0 Å². The fraction of sp³-hybridized carbons (Fsp3) is 0.200. The Kier molecular flexibility index (Phi) is 3.63. The lowest BCUT2D eigenvalue weighted by Gasteiger charge is -2.05. The number of sulfonamides is 1. The smallest absolute Gasteiger partial charge is 0.242 e. The first-order valence-corrected chi connectivity index (χ1v) is 7.27. The number of furan rings is 1. The summed E-state index contributed by atoms with van der Waals surface area (Å²) in [6.45, 7) is 0.429. The van der Waals surface area contributed by atoms with Gasteiger partial charge >= 0.3 is 0 Å². The molecule has 2 aromatic rings. The summed E-state index contributed by atoms with van der Waals surface area (Å²) < 4.78 is 31.3. The molecule has 2 aromatic heterocycles. The van der Waals surface area contributed by atoms with Crippen molar-refractivity contribution in [3.05, 3.63) is 40.5 Å². The maximum absolute atomic E-state index is 12.0. The van der Waals surface area contributed by atoms with E-state index in [2.05, 4.69) is 4.72 Å². The van der Waals surface area contributed by atoms with Crippen LogP contribution in [0.5, 0.6) is 0 Å². The lowest BCUT2D eigenvalue weighted by molar-refractivity contribution is 0.561. The minimum Gasteiger partial charge on any atom is -0.472 e. The summed E-state index contributed by atoms with van der Waals surface area (Å²) in [6, 6.07) is 3.27. The zero-order chi connectivity index (χ0) is 12.3. The number of nitrogens with two attached hydrogens (primary N) is 1. The van der Waals surface area contributed by atoms with E-state index in [1.807, 2.05) is 0 Å². The molecule has 2 rings (SSSR count). The van der Waals surface area contributed by atoms with Crippen LogP contribution < -0.4 is 10.5 Å². The van der Waals surface area contributed by atoms with Crippen molar-refractivity contribution in [1.29, 1.82) is 0 Å². The van der Waals surface area contributed by atoms with Gasteiger partial charge in [-0.1, -0.05) is 0 Å². The average molecular weight is 272 g/mol. The van der Waals surface area contributed by atoms with Crippen LogP contribution in [0.25, 0.3) is 0 Å². The van der Waals surface area contributed by atoms with E-state index >= 15 is 0 Å². The van der Waals surface area contributed by atoms with Crippen molar-refractivity contribution in [2.75, 3.05) is 0 Å². The van der Waals surface area contributed by atoms with Crippen LogP contribution in [0.1, 0.15) is 10.4 Å². The van der Waals surface area contributed by atoms with Crippen LogP contribution in [0.4, 0.5) is 0 Å². The van der Waals surface area contributed by atoms with Gasteiger partial charge in [-0.25, -0.2) is 13.1 Å². The Morgan fingerprint density at radius 1 is 1.41 bits per heavy atom. The van der Waals surface area contributed by atoms with Gasteiger partial charge in [-0.2, -0.15) is 0 Å². The van der Waals surface area contributed by atoms with Crippen molar-refractivity contribution in [2.24, 2.45) is 5.73 Å². The van der Waals surface area contributed by atoms with Crippen LogP contribution in [0.15, 0.2) is 39.4 Å². The Balaban J connectivity index is 2.14. The summed E-state index contributed by atoms with van der Waals surface area (Å²) >= 11 is 1.34. The maximum atomic E-state index is 12.0. The Bertz CT molecular complexity index is 572.